The van der Waals surface area contributed by atoms with Crippen LogP contribution < -0.4 is 10.1 Å². The molecule has 0 aromatic heterocycles. The molecule has 6 nitrogen and oxygen atoms in total. The Hall–Kier alpha value is -1.22. The number of benzene rings is 2. The molecule has 0 saturated carbocycles. The number of ether oxygens (including phenoxy) is 1. The highest BCUT2D eigenvalue weighted by atomic mass is 35.5. The molecule has 0 spiro atoms. The van der Waals surface area contributed by atoms with Crippen LogP contribution in [0.15, 0.2) is 35.2 Å². The van der Waals surface area contributed by atoms with Gasteiger partial charge < -0.3 is 10.1 Å². The zero-order valence-electron chi connectivity index (χ0n) is 15.5. The molecule has 2 aromatic carbocycles. The van der Waals surface area contributed by atoms with Crippen LogP contribution in [0.4, 0.5) is 5.69 Å². The highest BCUT2D eigenvalue weighted by Crippen LogP contribution is 2.32. The Kier molecular flexibility index (Phi) is 8.46. The monoisotopic (exact) mass is 498 g/mol. The van der Waals surface area contributed by atoms with Gasteiger partial charge >= 0.3 is 0 Å². The van der Waals surface area contributed by atoms with Gasteiger partial charge in [-0.2, -0.15) is 4.31 Å². The van der Waals surface area contributed by atoms with Crippen molar-refractivity contribution < 1.29 is 17.9 Å². The van der Waals surface area contributed by atoms with E-state index in [1.165, 1.54) is 30.3 Å². The average molecular weight is 500 g/mol. The normalized spacial score (nSPS) is 11.6. The number of halogens is 4. The first kappa shape index (κ1) is 24.1. The van der Waals surface area contributed by atoms with Gasteiger partial charge in [0.05, 0.1) is 43.8 Å². The standard InChI is InChI=1S/C18H18Cl4N2O4S/c1-3-24(10-18(25)23-16-9-13(20)12(19)8-14(16)21)29(26,27)11-5-6-17(28-4-2)15(22)7-11/h5-9H,3-4,10H2,1-2H3,(H,23,25). The van der Waals surface area contributed by atoms with E-state index in [1.807, 2.05) is 0 Å². The summed E-state index contributed by atoms with van der Waals surface area (Å²) in [6.07, 6.45) is 0. The van der Waals surface area contributed by atoms with Crippen molar-refractivity contribution in [1.29, 1.82) is 0 Å². The molecule has 0 aliphatic carbocycles. The van der Waals surface area contributed by atoms with E-state index < -0.39 is 22.5 Å². The summed E-state index contributed by atoms with van der Waals surface area (Å²) >= 11 is 23.9. The fourth-order valence-corrected chi connectivity index (χ4v) is 4.72. The molecule has 11 heteroatoms. The number of nitrogens with zero attached hydrogens (tertiary/aromatic N) is 1. The smallest absolute Gasteiger partial charge is 0.243 e. The molecule has 0 radical (unpaired) electrons. The Morgan fingerprint density at radius 1 is 1.00 bits per heavy atom. The fraction of sp³-hybridized carbons (Fsp3) is 0.278. The predicted molar refractivity (Wildman–Crippen MR) is 117 cm³/mol. The molecule has 158 valence electrons. The van der Waals surface area contributed by atoms with E-state index in [0.717, 1.165) is 4.31 Å². The highest BCUT2D eigenvalue weighted by molar-refractivity contribution is 7.89. The van der Waals surface area contributed by atoms with E-state index >= 15 is 0 Å². The van der Waals surface area contributed by atoms with Crippen LogP contribution in [0.1, 0.15) is 13.8 Å². The zero-order chi connectivity index (χ0) is 21.8. The van der Waals surface area contributed by atoms with Gasteiger partial charge in [0.1, 0.15) is 5.75 Å². The number of hydrogen-bond donors (Lipinski definition) is 1. The second-order valence-electron chi connectivity index (χ2n) is 5.75. The van der Waals surface area contributed by atoms with Gasteiger partial charge in [-0.1, -0.05) is 53.3 Å². The molecule has 0 bridgehead atoms. The minimum atomic E-state index is -3.97. The van der Waals surface area contributed by atoms with Gasteiger partial charge in [0.15, 0.2) is 0 Å². The van der Waals surface area contributed by atoms with Crippen molar-refractivity contribution in [2.75, 3.05) is 25.0 Å². The van der Waals surface area contributed by atoms with Crippen LogP contribution in [0, 0.1) is 0 Å². The van der Waals surface area contributed by atoms with Crippen molar-refractivity contribution in [3.63, 3.8) is 0 Å². The van der Waals surface area contributed by atoms with Crippen LogP contribution >= 0.6 is 46.4 Å². The Labute approximate surface area is 189 Å². The van der Waals surface area contributed by atoms with Crippen molar-refractivity contribution in [1.82, 2.24) is 4.31 Å². The lowest BCUT2D eigenvalue weighted by molar-refractivity contribution is -0.116. The molecule has 2 rings (SSSR count). The number of rotatable bonds is 8. The SMILES string of the molecule is CCOc1ccc(S(=O)(=O)N(CC)CC(=O)Nc2cc(Cl)c(Cl)cc2Cl)cc1Cl. The van der Waals surface area contributed by atoms with Gasteiger partial charge in [0.2, 0.25) is 15.9 Å². The summed E-state index contributed by atoms with van der Waals surface area (Å²) in [5.41, 5.74) is 0.226. The Morgan fingerprint density at radius 3 is 2.24 bits per heavy atom. The first-order valence-electron chi connectivity index (χ1n) is 8.47. The molecular formula is C18H18Cl4N2O4S. The summed E-state index contributed by atoms with van der Waals surface area (Å²) in [6, 6.07) is 6.92. The van der Waals surface area contributed by atoms with E-state index in [1.54, 1.807) is 13.8 Å². The maximum Gasteiger partial charge on any atom is 0.243 e. The number of carbonyl (C=O) groups is 1. The second kappa shape index (κ2) is 10.2. The Balaban J connectivity index is 2.21. The number of amides is 1. The molecule has 0 saturated heterocycles. The van der Waals surface area contributed by atoms with Gasteiger partial charge in [0, 0.05) is 6.54 Å². The number of carbonyl (C=O) groups excluding carboxylic acids is 1. The summed E-state index contributed by atoms with van der Waals surface area (Å²) in [4.78, 5) is 12.4. The number of anilines is 1. The quantitative estimate of drug-likeness (QED) is 0.497. The fourth-order valence-electron chi connectivity index (χ4n) is 2.40. The summed E-state index contributed by atoms with van der Waals surface area (Å²) in [5, 5.41) is 3.32. The highest BCUT2D eigenvalue weighted by Gasteiger charge is 2.26. The van der Waals surface area contributed by atoms with Crippen LogP contribution in [0.2, 0.25) is 20.1 Å². The third-order valence-corrected chi connectivity index (χ3v) is 7.04. The van der Waals surface area contributed by atoms with Gasteiger partial charge in [-0.3, -0.25) is 4.79 Å². The van der Waals surface area contributed by atoms with Crippen molar-refractivity contribution >= 4 is 68.0 Å². The lowest BCUT2D eigenvalue weighted by atomic mass is 10.3. The third-order valence-electron chi connectivity index (χ3n) is 3.80. The van der Waals surface area contributed by atoms with Crippen LogP contribution in [-0.4, -0.2) is 38.3 Å². The minimum absolute atomic E-state index is 0.0480. The molecule has 2 aromatic rings. The van der Waals surface area contributed by atoms with E-state index in [0.29, 0.717) is 12.4 Å². The second-order valence-corrected chi connectivity index (χ2v) is 9.32. The van der Waals surface area contributed by atoms with Crippen LogP contribution in [0.3, 0.4) is 0 Å². The van der Waals surface area contributed by atoms with Crippen molar-refractivity contribution in [2.24, 2.45) is 0 Å². The molecule has 0 heterocycles. The number of nitrogens with one attached hydrogen (secondary N) is 1. The molecule has 0 fully saturated rings. The molecular weight excluding hydrogens is 482 g/mol. The molecule has 0 atom stereocenters. The molecule has 1 amide bonds. The first-order valence-corrected chi connectivity index (χ1v) is 11.4. The zero-order valence-corrected chi connectivity index (χ0v) is 19.3. The average Bonchev–Trinajstić information content (AvgIpc) is 2.65. The minimum Gasteiger partial charge on any atom is -0.492 e. The number of hydrogen-bond acceptors (Lipinski definition) is 4. The van der Waals surface area contributed by atoms with Gasteiger partial charge in [-0.05, 0) is 37.3 Å². The molecule has 0 unspecified atom stereocenters. The molecule has 29 heavy (non-hydrogen) atoms. The van der Waals surface area contributed by atoms with Gasteiger partial charge in [-0.25, -0.2) is 8.42 Å². The van der Waals surface area contributed by atoms with Crippen LogP contribution in [0.25, 0.3) is 0 Å². The largest absolute Gasteiger partial charge is 0.492 e. The predicted octanol–water partition coefficient (Wildman–Crippen LogP) is 5.35. The van der Waals surface area contributed by atoms with Crippen molar-refractivity contribution in [3.8, 4) is 5.75 Å². The lowest BCUT2D eigenvalue weighted by Crippen LogP contribution is -2.37. The van der Waals surface area contributed by atoms with Crippen molar-refractivity contribution in [3.05, 3.63) is 50.4 Å². The summed E-state index contributed by atoms with van der Waals surface area (Å²) in [5.74, 6) is -0.212. The van der Waals surface area contributed by atoms with Gasteiger partial charge in [-0.15, -0.1) is 0 Å². The summed E-state index contributed by atoms with van der Waals surface area (Å²) in [6.45, 7) is 3.44. The van der Waals surface area contributed by atoms with Crippen LogP contribution in [-0.2, 0) is 14.8 Å². The maximum atomic E-state index is 12.9. The molecule has 0 aliphatic heterocycles. The third kappa shape index (κ3) is 5.90. The number of sulfonamides is 1. The van der Waals surface area contributed by atoms with Crippen molar-refractivity contribution in [2.45, 2.75) is 18.7 Å². The molecule has 0 aliphatic rings. The van der Waals surface area contributed by atoms with E-state index in [-0.39, 0.29) is 37.2 Å². The molecule has 1 N–H and O–H groups in total. The first-order chi connectivity index (χ1) is 13.6. The van der Waals surface area contributed by atoms with E-state index in [4.69, 9.17) is 51.1 Å². The summed E-state index contributed by atoms with van der Waals surface area (Å²) in [7, 11) is -3.97. The lowest BCUT2D eigenvalue weighted by Gasteiger charge is -2.21. The maximum absolute atomic E-state index is 12.9. The topological polar surface area (TPSA) is 75.7 Å². The van der Waals surface area contributed by atoms with E-state index in [2.05, 4.69) is 5.32 Å². The number of likely N-dealkylation sites (N-methyl/N-ethyl adjacent to an activating group) is 1. The van der Waals surface area contributed by atoms with Gasteiger partial charge in [0.25, 0.3) is 0 Å². The Bertz CT molecular complexity index is 1020. The van der Waals surface area contributed by atoms with E-state index in [9.17, 15) is 13.2 Å². The van der Waals surface area contributed by atoms with Crippen LogP contribution in [0.5, 0.6) is 5.75 Å². The Morgan fingerprint density at radius 2 is 1.66 bits per heavy atom. The summed E-state index contributed by atoms with van der Waals surface area (Å²) < 4.78 is 32.2.